The number of carbonyl (C=O) groups is 1. The summed E-state index contributed by atoms with van der Waals surface area (Å²) in [4.78, 5) is 11.6. The van der Waals surface area contributed by atoms with Crippen LogP contribution in [0.25, 0.3) is 0 Å². The number of anilines is 1. The first-order chi connectivity index (χ1) is 8.78. The van der Waals surface area contributed by atoms with Crippen molar-refractivity contribution in [1.29, 1.82) is 0 Å². The van der Waals surface area contributed by atoms with E-state index in [0.29, 0.717) is 10.2 Å². The molecule has 7 nitrogen and oxygen atoms in total. The third kappa shape index (κ3) is 3.96. The number of nitrogens with one attached hydrogen (secondary N) is 2. The van der Waals surface area contributed by atoms with Gasteiger partial charge in [0.1, 0.15) is 5.03 Å². The molecule has 0 unspecified atom stereocenters. The summed E-state index contributed by atoms with van der Waals surface area (Å²) in [5.41, 5.74) is 0. The van der Waals surface area contributed by atoms with Crippen molar-refractivity contribution in [2.75, 3.05) is 16.8 Å². The maximum atomic E-state index is 11.6. The van der Waals surface area contributed by atoms with E-state index >= 15 is 0 Å². The zero-order chi connectivity index (χ0) is 12.8. The normalized spacial score (nSPS) is 10.5. The minimum absolute atomic E-state index is 0.132. The van der Waals surface area contributed by atoms with Crippen LogP contribution in [0.1, 0.15) is 6.92 Å². The smallest absolute Gasteiger partial charge is 0.236 e. The Kier molecular flexibility index (Phi) is 4.96. The largest absolute Gasteiger partial charge is 0.300 e. The fourth-order valence-electron chi connectivity index (χ4n) is 0.998. The van der Waals surface area contributed by atoms with Crippen molar-refractivity contribution < 1.29 is 4.79 Å². The molecule has 0 aromatic carbocycles. The van der Waals surface area contributed by atoms with Gasteiger partial charge >= 0.3 is 0 Å². The molecule has 0 radical (unpaired) electrons. The number of aromatic amines is 1. The van der Waals surface area contributed by atoms with Crippen LogP contribution in [0.4, 0.5) is 5.13 Å². The predicted molar refractivity (Wildman–Crippen MR) is 72.0 cm³/mol. The molecule has 0 aliphatic carbocycles. The third-order valence-corrected chi connectivity index (χ3v) is 4.42. The van der Waals surface area contributed by atoms with Crippen LogP contribution in [0.3, 0.4) is 0 Å². The lowest BCUT2D eigenvalue weighted by atomic mass is 10.7. The van der Waals surface area contributed by atoms with Crippen LogP contribution in [0, 0.1) is 0 Å². The van der Waals surface area contributed by atoms with Crippen LogP contribution >= 0.6 is 34.9 Å². The molecule has 0 fully saturated rings. The topological polar surface area (TPSA) is 96.5 Å². The average molecular weight is 302 g/mol. The highest BCUT2D eigenvalue weighted by atomic mass is 32.2. The standard InChI is InChI=1S/C8H10N6OS3/c1-2-16-8-13-12-7(18-8)10-5(15)4-17-6-3-9-14-11-6/h3H,2,4H2,1H3,(H,9,11,14)(H,10,12,15). The monoisotopic (exact) mass is 302 g/mol. The molecule has 2 N–H and O–H groups in total. The molecule has 10 heteroatoms. The first kappa shape index (κ1) is 13.3. The first-order valence-electron chi connectivity index (χ1n) is 5.02. The summed E-state index contributed by atoms with van der Waals surface area (Å²) in [6, 6.07) is 0. The minimum atomic E-state index is -0.132. The number of carbonyl (C=O) groups excluding carboxylic acids is 1. The molecule has 0 saturated carbocycles. The summed E-state index contributed by atoms with van der Waals surface area (Å²) in [5.74, 6) is 1.07. The van der Waals surface area contributed by atoms with Crippen molar-refractivity contribution in [3.8, 4) is 0 Å². The molecule has 2 rings (SSSR count). The summed E-state index contributed by atoms with van der Waals surface area (Å²) in [6.45, 7) is 2.04. The van der Waals surface area contributed by atoms with Gasteiger partial charge in [0, 0.05) is 0 Å². The molecule has 2 aromatic heterocycles. The molecule has 0 spiro atoms. The van der Waals surface area contributed by atoms with Gasteiger partial charge in [0.25, 0.3) is 0 Å². The molecule has 0 atom stereocenters. The molecule has 0 saturated heterocycles. The molecule has 0 bridgehead atoms. The van der Waals surface area contributed by atoms with E-state index in [-0.39, 0.29) is 11.7 Å². The molecule has 2 aromatic rings. The van der Waals surface area contributed by atoms with Crippen LogP contribution < -0.4 is 5.32 Å². The van der Waals surface area contributed by atoms with Crippen molar-refractivity contribution >= 4 is 45.9 Å². The van der Waals surface area contributed by atoms with Crippen LogP contribution in [0.15, 0.2) is 15.6 Å². The van der Waals surface area contributed by atoms with Crippen LogP contribution in [0.2, 0.25) is 0 Å². The highest BCUT2D eigenvalue weighted by Crippen LogP contribution is 2.25. The van der Waals surface area contributed by atoms with Gasteiger partial charge < -0.3 is 0 Å². The maximum absolute atomic E-state index is 11.6. The van der Waals surface area contributed by atoms with Gasteiger partial charge in [-0.05, 0) is 5.75 Å². The van der Waals surface area contributed by atoms with E-state index in [0.717, 1.165) is 10.1 Å². The number of thioether (sulfide) groups is 2. The van der Waals surface area contributed by atoms with Gasteiger partial charge in [-0.25, -0.2) is 0 Å². The summed E-state index contributed by atoms with van der Waals surface area (Å²) >= 11 is 4.28. The van der Waals surface area contributed by atoms with Crippen molar-refractivity contribution in [3.63, 3.8) is 0 Å². The molecule has 18 heavy (non-hydrogen) atoms. The van der Waals surface area contributed by atoms with Gasteiger partial charge in [-0.15, -0.1) is 15.3 Å². The lowest BCUT2D eigenvalue weighted by Gasteiger charge is -1.98. The lowest BCUT2D eigenvalue weighted by molar-refractivity contribution is -0.113. The predicted octanol–water partition coefficient (Wildman–Crippen LogP) is 1.50. The minimum Gasteiger partial charge on any atom is -0.300 e. The third-order valence-electron chi connectivity index (χ3n) is 1.66. The highest BCUT2D eigenvalue weighted by Gasteiger charge is 2.09. The van der Waals surface area contributed by atoms with Crippen LogP contribution in [0.5, 0.6) is 0 Å². The first-order valence-corrected chi connectivity index (χ1v) is 7.81. The Morgan fingerprint density at radius 2 is 2.39 bits per heavy atom. The molecule has 0 aliphatic rings. The summed E-state index contributed by atoms with van der Waals surface area (Å²) < 4.78 is 0.858. The number of rotatable bonds is 6. The SMILES string of the molecule is CCSc1nnc(NC(=O)CSc2cn[nH]n2)s1. The molecule has 2 heterocycles. The van der Waals surface area contributed by atoms with Crippen molar-refractivity contribution in [2.24, 2.45) is 0 Å². The van der Waals surface area contributed by atoms with E-state index in [4.69, 9.17) is 0 Å². The van der Waals surface area contributed by atoms with Gasteiger partial charge in [0.05, 0.1) is 11.9 Å². The molecular weight excluding hydrogens is 292 g/mol. The van der Waals surface area contributed by atoms with Crippen molar-refractivity contribution in [1.82, 2.24) is 25.6 Å². The van der Waals surface area contributed by atoms with E-state index in [1.807, 2.05) is 6.92 Å². The van der Waals surface area contributed by atoms with E-state index in [1.165, 1.54) is 23.1 Å². The van der Waals surface area contributed by atoms with Gasteiger partial charge in [0.2, 0.25) is 11.0 Å². The van der Waals surface area contributed by atoms with E-state index in [1.54, 1.807) is 18.0 Å². The quantitative estimate of drug-likeness (QED) is 0.616. The summed E-state index contributed by atoms with van der Waals surface area (Å²) in [7, 11) is 0. The second-order valence-corrected chi connectivity index (χ2v) is 6.44. The Hall–Kier alpha value is -1.13. The van der Waals surface area contributed by atoms with Crippen molar-refractivity contribution in [3.05, 3.63) is 6.20 Å². The number of nitrogens with zero attached hydrogens (tertiary/aromatic N) is 4. The number of hydrogen-bond donors (Lipinski definition) is 2. The maximum Gasteiger partial charge on any atom is 0.236 e. The van der Waals surface area contributed by atoms with Gasteiger partial charge in [-0.1, -0.05) is 41.8 Å². The average Bonchev–Trinajstić information content (AvgIpc) is 2.99. The Morgan fingerprint density at radius 3 is 3.11 bits per heavy atom. The Labute approximate surface area is 116 Å². The summed E-state index contributed by atoms with van der Waals surface area (Å²) in [5, 5.41) is 21.7. The fraction of sp³-hybridized carbons (Fsp3) is 0.375. The van der Waals surface area contributed by atoms with E-state index in [2.05, 4.69) is 30.9 Å². The second kappa shape index (κ2) is 6.71. The summed E-state index contributed by atoms with van der Waals surface area (Å²) in [6.07, 6.45) is 1.57. The molecule has 0 aliphatic heterocycles. The molecular formula is C8H10N6OS3. The zero-order valence-corrected chi connectivity index (χ0v) is 11.9. The Bertz CT molecular complexity index is 499. The van der Waals surface area contributed by atoms with Crippen molar-refractivity contribution in [2.45, 2.75) is 16.3 Å². The van der Waals surface area contributed by atoms with E-state index in [9.17, 15) is 4.79 Å². The number of aromatic nitrogens is 5. The number of H-pyrrole nitrogens is 1. The van der Waals surface area contributed by atoms with Crippen LogP contribution in [-0.2, 0) is 4.79 Å². The number of amides is 1. The molecule has 1 amide bonds. The van der Waals surface area contributed by atoms with Crippen LogP contribution in [-0.4, -0.2) is 43.0 Å². The fourth-order valence-corrected chi connectivity index (χ4v) is 3.25. The Balaban J connectivity index is 1.79. The zero-order valence-electron chi connectivity index (χ0n) is 9.41. The number of hydrogen-bond acceptors (Lipinski definition) is 8. The second-order valence-electron chi connectivity index (χ2n) is 2.95. The molecule has 96 valence electrons. The van der Waals surface area contributed by atoms with Gasteiger partial charge in [-0.2, -0.15) is 10.3 Å². The Morgan fingerprint density at radius 1 is 1.50 bits per heavy atom. The highest BCUT2D eigenvalue weighted by molar-refractivity contribution is 8.01. The van der Waals surface area contributed by atoms with E-state index < -0.39 is 0 Å². The lowest BCUT2D eigenvalue weighted by Crippen LogP contribution is -2.13. The van der Waals surface area contributed by atoms with Gasteiger partial charge in [0.15, 0.2) is 4.34 Å². The van der Waals surface area contributed by atoms with Gasteiger partial charge in [-0.3, -0.25) is 10.1 Å².